The van der Waals surface area contributed by atoms with Crippen LogP contribution in [0, 0.1) is 0 Å². The molecule has 0 atom stereocenters. The first-order chi connectivity index (χ1) is 21.2. The fourth-order valence-corrected chi connectivity index (χ4v) is 19.5. The van der Waals surface area contributed by atoms with E-state index in [1.807, 2.05) is 89.2 Å². The van der Waals surface area contributed by atoms with E-state index in [0.29, 0.717) is 84.1 Å². The zero-order chi connectivity index (χ0) is 33.5. The lowest BCUT2D eigenvalue weighted by Gasteiger charge is -2.41. The van der Waals surface area contributed by atoms with Gasteiger partial charge in [0.2, 0.25) is 0 Å². The largest absolute Gasteiger partial charge is 0.544 e. The van der Waals surface area contributed by atoms with Crippen molar-refractivity contribution in [2.24, 2.45) is 0 Å². The highest BCUT2D eigenvalue weighted by atomic mass is 28.5. The van der Waals surface area contributed by atoms with E-state index in [2.05, 4.69) is 5.73 Å². The Balaban J connectivity index is 8.49. The SMILES string of the molecule is CCO[Si](OCC)(OCC)C(=C=CC([Si](OCC)(OCC)OCC)[Si](OCC)(OCC)OCC)[Si](OCC)(OCC)OCC. The summed E-state index contributed by atoms with van der Waals surface area (Å²) in [5, 5.41) is -0.724. The molecule has 0 aliphatic heterocycles. The maximum atomic E-state index is 6.45. The highest BCUT2D eigenvalue weighted by Gasteiger charge is 2.66. The van der Waals surface area contributed by atoms with E-state index in [1.54, 1.807) is 0 Å². The first-order valence-electron chi connectivity index (χ1n) is 16.3. The Morgan fingerprint density at radius 1 is 0.386 bits per heavy atom. The van der Waals surface area contributed by atoms with E-state index in [1.165, 1.54) is 0 Å². The molecular formula is C28H62O12Si4. The summed E-state index contributed by atoms with van der Waals surface area (Å²) in [6, 6.07) is 0. The molecule has 0 N–H and O–H groups in total. The molecule has 0 saturated heterocycles. The Bertz CT molecular complexity index is 679. The van der Waals surface area contributed by atoms with Crippen molar-refractivity contribution in [1.82, 2.24) is 0 Å². The topological polar surface area (TPSA) is 111 Å². The predicted octanol–water partition coefficient (Wildman–Crippen LogP) is 5.25. The molecule has 12 nitrogen and oxygen atoms in total. The Morgan fingerprint density at radius 2 is 0.591 bits per heavy atom. The van der Waals surface area contributed by atoms with Crippen molar-refractivity contribution < 1.29 is 53.1 Å². The minimum atomic E-state index is -3.72. The molecule has 0 aliphatic rings. The van der Waals surface area contributed by atoms with Crippen molar-refractivity contribution >= 4 is 35.2 Å². The Morgan fingerprint density at radius 3 is 0.773 bits per heavy atom. The maximum absolute atomic E-state index is 6.45. The van der Waals surface area contributed by atoms with Crippen LogP contribution >= 0.6 is 0 Å². The highest BCUT2D eigenvalue weighted by molar-refractivity contribution is 6.92. The van der Waals surface area contributed by atoms with Gasteiger partial charge in [0.25, 0.3) is 0 Å². The number of hydrogen-bond donors (Lipinski definition) is 0. The molecule has 0 bridgehead atoms. The van der Waals surface area contributed by atoms with E-state index >= 15 is 0 Å². The average molecular weight is 703 g/mol. The van der Waals surface area contributed by atoms with Crippen molar-refractivity contribution in [2.45, 2.75) is 88.2 Å². The van der Waals surface area contributed by atoms with Gasteiger partial charge in [0.15, 0.2) is 0 Å². The van der Waals surface area contributed by atoms with E-state index in [9.17, 15) is 0 Å². The summed E-state index contributed by atoms with van der Waals surface area (Å²) in [5.74, 6) is 0. The summed E-state index contributed by atoms with van der Waals surface area (Å²) in [6.07, 6.45) is 1.81. The number of hydrogen-bond acceptors (Lipinski definition) is 12. The lowest BCUT2D eigenvalue weighted by molar-refractivity contribution is 0.0383. The molecule has 0 saturated carbocycles. The van der Waals surface area contributed by atoms with E-state index < -0.39 is 40.4 Å². The van der Waals surface area contributed by atoms with Gasteiger partial charge < -0.3 is 53.1 Å². The molecule has 44 heavy (non-hydrogen) atoms. The second-order valence-corrected chi connectivity index (χ2v) is 20.1. The van der Waals surface area contributed by atoms with Gasteiger partial charge in [-0.25, -0.2) is 0 Å². The van der Waals surface area contributed by atoms with Crippen LogP contribution in [0.4, 0.5) is 0 Å². The van der Waals surface area contributed by atoms with Crippen LogP contribution in [0.1, 0.15) is 83.1 Å². The Hall–Kier alpha value is -0.0925. The van der Waals surface area contributed by atoms with Gasteiger partial charge >= 0.3 is 35.2 Å². The zero-order valence-corrected chi connectivity index (χ0v) is 33.5. The van der Waals surface area contributed by atoms with Crippen LogP contribution in [0.15, 0.2) is 16.6 Å². The van der Waals surface area contributed by atoms with Crippen LogP contribution in [-0.4, -0.2) is 115 Å². The molecule has 0 aromatic carbocycles. The fourth-order valence-electron chi connectivity index (χ4n) is 4.77. The van der Waals surface area contributed by atoms with Gasteiger partial charge in [0, 0.05) is 79.3 Å². The maximum Gasteiger partial charge on any atom is 0.544 e. The zero-order valence-electron chi connectivity index (χ0n) is 29.5. The third-order valence-electron chi connectivity index (χ3n) is 5.85. The molecule has 0 rings (SSSR count). The van der Waals surface area contributed by atoms with Crippen LogP contribution in [0.5, 0.6) is 0 Å². The molecule has 16 heteroatoms. The lowest BCUT2D eigenvalue weighted by Crippen LogP contribution is -2.64. The minimum absolute atomic E-state index is 0.320. The summed E-state index contributed by atoms with van der Waals surface area (Å²) < 4.78 is 77.2. The summed E-state index contributed by atoms with van der Waals surface area (Å²) in [7, 11) is -14.7. The van der Waals surface area contributed by atoms with E-state index in [-0.39, 0.29) is 0 Å². The van der Waals surface area contributed by atoms with Crippen molar-refractivity contribution in [3.8, 4) is 0 Å². The van der Waals surface area contributed by atoms with Gasteiger partial charge in [0.05, 0.1) is 0 Å². The van der Waals surface area contributed by atoms with Crippen LogP contribution in [0.25, 0.3) is 0 Å². The van der Waals surface area contributed by atoms with Gasteiger partial charge in [-0.15, -0.1) is 5.73 Å². The molecule has 0 aromatic rings. The molecule has 0 fully saturated rings. The first-order valence-corrected chi connectivity index (χ1v) is 23.4. The average Bonchev–Trinajstić information content (AvgIpc) is 2.97. The Labute approximate surface area is 272 Å². The number of allylic oxidation sites excluding steroid dienone is 1. The normalized spacial score (nSPS) is 13.0. The summed E-state index contributed by atoms with van der Waals surface area (Å²) in [5.41, 5.74) is 3.53. The van der Waals surface area contributed by atoms with Crippen LogP contribution in [0.3, 0.4) is 0 Å². The van der Waals surface area contributed by atoms with Gasteiger partial charge in [-0.05, 0) is 89.2 Å². The second kappa shape index (κ2) is 24.1. The molecule has 0 radical (unpaired) electrons. The molecule has 0 aromatic heterocycles. The van der Waals surface area contributed by atoms with Gasteiger partial charge in [-0.1, -0.05) is 0 Å². The molecule has 0 heterocycles. The van der Waals surface area contributed by atoms with Crippen LogP contribution in [0.2, 0.25) is 5.16 Å². The van der Waals surface area contributed by atoms with Gasteiger partial charge in [-0.2, -0.15) is 0 Å². The standard InChI is InChI=1S/C28H62O12Si4/c1-13-29-41(30-14-2,31-15-3)27(42(32-16-4,33-17-5)34-18-6)25-26-28(43(35-19-7,36-20-8)37-21-9)44(38-22-10,39-23-11)40-24-12/h25,27H,13-24H2,1-12H3. The Kier molecular flexibility index (Phi) is 24.1. The monoisotopic (exact) mass is 702 g/mol. The third kappa shape index (κ3) is 11.9. The molecular weight excluding hydrogens is 641 g/mol. The van der Waals surface area contributed by atoms with Crippen LogP contribution < -0.4 is 0 Å². The third-order valence-corrected chi connectivity index (χ3v) is 21.3. The van der Waals surface area contributed by atoms with Crippen LogP contribution in [-0.2, 0) is 53.1 Å². The quantitative estimate of drug-likeness (QED) is 0.0750. The van der Waals surface area contributed by atoms with Gasteiger partial charge in [0.1, 0.15) is 9.98 Å². The van der Waals surface area contributed by atoms with Crippen molar-refractivity contribution in [1.29, 1.82) is 0 Å². The predicted molar refractivity (Wildman–Crippen MR) is 178 cm³/mol. The first kappa shape index (κ1) is 43.9. The fraction of sp³-hybridized carbons (Fsp3) is 0.893. The van der Waals surface area contributed by atoms with Crippen molar-refractivity contribution in [2.75, 3.05) is 79.3 Å². The summed E-state index contributed by atoms with van der Waals surface area (Å²) in [6.45, 7) is 26.7. The number of rotatable bonds is 29. The molecule has 0 aliphatic carbocycles. The van der Waals surface area contributed by atoms with E-state index in [4.69, 9.17) is 53.1 Å². The smallest absolute Gasteiger partial charge is 0.373 e. The minimum Gasteiger partial charge on any atom is -0.373 e. The van der Waals surface area contributed by atoms with Crippen molar-refractivity contribution in [3.05, 3.63) is 16.6 Å². The second-order valence-electron chi connectivity index (χ2n) is 8.68. The molecule has 0 spiro atoms. The van der Waals surface area contributed by atoms with Gasteiger partial charge in [-0.3, -0.25) is 0 Å². The lowest BCUT2D eigenvalue weighted by atomic mass is 10.7. The van der Waals surface area contributed by atoms with Crippen molar-refractivity contribution in [3.63, 3.8) is 0 Å². The molecule has 262 valence electrons. The molecule has 0 unspecified atom stereocenters. The highest BCUT2D eigenvalue weighted by Crippen LogP contribution is 2.39. The van der Waals surface area contributed by atoms with E-state index in [0.717, 1.165) is 0 Å². The summed E-state index contributed by atoms with van der Waals surface area (Å²) >= 11 is 0. The molecule has 0 amide bonds. The summed E-state index contributed by atoms with van der Waals surface area (Å²) in [4.78, 5) is 0.450.